The third-order valence-corrected chi connectivity index (χ3v) is 5.60. The lowest BCUT2D eigenvalue weighted by atomic mass is 9.70. The van der Waals surface area contributed by atoms with E-state index >= 15 is 0 Å². The Morgan fingerprint density at radius 2 is 1.85 bits per heavy atom. The van der Waals surface area contributed by atoms with E-state index in [1.54, 1.807) is 0 Å². The second kappa shape index (κ2) is 8.38. The van der Waals surface area contributed by atoms with Crippen molar-refractivity contribution < 1.29 is 4.74 Å². The van der Waals surface area contributed by atoms with Crippen molar-refractivity contribution in [1.82, 2.24) is 5.32 Å². The maximum absolute atomic E-state index is 5.52. The molecule has 1 aliphatic carbocycles. The fourth-order valence-electron chi connectivity index (χ4n) is 4.18. The third kappa shape index (κ3) is 4.73. The summed E-state index contributed by atoms with van der Waals surface area (Å²) in [4.78, 5) is 0. The Kier molecular flexibility index (Phi) is 6.83. The lowest BCUT2D eigenvalue weighted by Gasteiger charge is -2.40. The zero-order valence-electron chi connectivity index (χ0n) is 13.9. The molecule has 2 heteroatoms. The van der Waals surface area contributed by atoms with Gasteiger partial charge in [0.25, 0.3) is 0 Å². The smallest absolute Gasteiger partial charge is 0.0468 e. The van der Waals surface area contributed by atoms with Gasteiger partial charge in [-0.3, -0.25) is 0 Å². The molecule has 1 aliphatic heterocycles. The Labute approximate surface area is 126 Å². The molecule has 0 aromatic heterocycles. The summed E-state index contributed by atoms with van der Waals surface area (Å²) in [5, 5.41) is 3.84. The van der Waals surface area contributed by atoms with Gasteiger partial charge >= 0.3 is 0 Å². The molecule has 1 heterocycles. The van der Waals surface area contributed by atoms with Gasteiger partial charge in [-0.1, -0.05) is 20.8 Å². The summed E-state index contributed by atoms with van der Waals surface area (Å²) in [6.45, 7) is 10.3. The van der Waals surface area contributed by atoms with Crippen molar-refractivity contribution in [2.45, 2.75) is 71.8 Å². The highest BCUT2D eigenvalue weighted by Crippen LogP contribution is 2.38. The molecule has 20 heavy (non-hydrogen) atoms. The summed E-state index contributed by atoms with van der Waals surface area (Å²) in [5.41, 5.74) is 0. The average Bonchev–Trinajstić information content (AvgIpc) is 2.47. The first-order valence-corrected chi connectivity index (χ1v) is 9.01. The number of hydrogen-bond acceptors (Lipinski definition) is 2. The van der Waals surface area contributed by atoms with Crippen LogP contribution in [0, 0.1) is 23.7 Å². The molecule has 0 spiro atoms. The molecule has 2 fully saturated rings. The van der Waals surface area contributed by atoms with E-state index in [1.165, 1.54) is 51.5 Å². The topological polar surface area (TPSA) is 21.3 Å². The van der Waals surface area contributed by atoms with E-state index in [0.717, 1.165) is 42.9 Å². The highest BCUT2D eigenvalue weighted by Gasteiger charge is 2.33. The Hall–Kier alpha value is -0.0800. The van der Waals surface area contributed by atoms with Crippen molar-refractivity contribution in [3.05, 3.63) is 0 Å². The second-order valence-electron chi connectivity index (χ2n) is 7.43. The zero-order valence-corrected chi connectivity index (χ0v) is 13.9. The van der Waals surface area contributed by atoms with E-state index in [4.69, 9.17) is 4.74 Å². The summed E-state index contributed by atoms with van der Waals surface area (Å²) in [6.07, 6.45) is 9.57. The fraction of sp³-hybridized carbons (Fsp3) is 1.00. The van der Waals surface area contributed by atoms with E-state index in [2.05, 4.69) is 26.1 Å². The van der Waals surface area contributed by atoms with Crippen LogP contribution >= 0.6 is 0 Å². The van der Waals surface area contributed by atoms with Gasteiger partial charge < -0.3 is 10.1 Å². The van der Waals surface area contributed by atoms with Crippen LogP contribution in [0.3, 0.4) is 0 Å². The highest BCUT2D eigenvalue weighted by atomic mass is 16.5. The van der Waals surface area contributed by atoms with E-state index in [-0.39, 0.29) is 0 Å². The van der Waals surface area contributed by atoms with Crippen molar-refractivity contribution in [3.63, 3.8) is 0 Å². The first-order valence-electron chi connectivity index (χ1n) is 9.01. The molecule has 0 bridgehead atoms. The lowest BCUT2D eigenvalue weighted by molar-refractivity contribution is 0.0480. The number of hydrogen-bond donors (Lipinski definition) is 1. The predicted molar refractivity (Wildman–Crippen MR) is 85.9 cm³/mol. The maximum atomic E-state index is 5.52. The molecule has 3 atom stereocenters. The minimum Gasteiger partial charge on any atom is -0.381 e. The summed E-state index contributed by atoms with van der Waals surface area (Å²) in [6, 6.07) is 0.785. The molecule has 0 radical (unpaired) electrons. The van der Waals surface area contributed by atoms with Crippen LogP contribution in [0.5, 0.6) is 0 Å². The molecule has 0 aromatic carbocycles. The van der Waals surface area contributed by atoms with Crippen molar-refractivity contribution in [2.75, 3.05) is 19.8 Å². The van der Waals surface area contributed by atoms with Crippen LogP contribution in [0.1, 0.15) is 65.7 Å². The lowest BCUT2D eigenvalue weighted by Crippen LogP contribution is -2.43. The molecular weight excluding hydrogens is 246 g/mol. The van der Waals surface area contributed by atoms with Crippen molar-refractivity contribution >= 4 is 0 Å². The molecule has 0 amide bonds. The van der Waals surface area contributed by atoms with Gasteiger partial charge in [-0.25, -0.2) is 0 Å². The first kappa shape index (κ1) is 16.3. The Bertz CT molecular complexity index is 260. The van der Waals surface area contributed by atoms with Crippen LogP contribution in [-0.2, 0) is 4.74 Å². The van der Waals surface area contributed by atoms with Crippen molar-refractivity contribution in [3.8, 4) is 0 Å². The van der Waals surface area contributed by atoms with Gasteiger partial charge in [0.05, 0.1) is 0 Å². The van der Waals surface area contributed by atoms with E-state index < -0.39 is 0 Å². The second-order valence-corrected chi connectivity index (χ2v) is 7.43. The SMILES string of the molecule is CCCNC1CCC(C(C)C)CC1CC1CCOCC1. The van der Waals surface area contributed by atoms with Crippen LogP contribution in [0.2, 0.25) is 0 Å². The molecule has 3 unspecified atom stereocenters. The van der Waals surface area contributed by atoms with Gasteiger partial charge in [-0.05, 0) is 75.2 Å². The Morgan fingerprint density at radius 3 is 2.50 bits per heavy atom. The first-order chi connectivity index (χ1) is 9.70. The van der Waals surface area contributed by atoms with Gasteiger partial charge in [0.1, 0.15) is 0 Å². The van der Waals surface area contributed by atoms with Crippen molar-refractivity contribution in [1.29, 1.82) is 0 Å². The number of nitrogens with one attached hydrogen (secondary N) is 1. The van der Waals surface area contributed by atoms with Crippen LogP contribution in [0.15, 0.2) is 0 Å². The summed E-state index contributed by atoms with van der Waals surface area (Å²) in [7, 11) is 0. The molecule has 1 saturated carbocycles. The van der Waals surface area contributed by atoms with E-state index in [9.17, 15) is 0 Å². The molecular formula is C18H35NO. The molecule has 2 rings (SSSR count). The molecule has 0 aromatic rings. The largest absolute Gasteiger partial charge is 0.381 e. The van der Waals surface area contributed by atoms with Crippen LogP contribution in [-0.4, -0.2) is 25.8 Å². The number of ether oxygens (including phenoxy) is 1. The van der Waals surface area contributed by atoms with Gasteiger partial charge in [0, 0.05) is 19.3 Å². The van der Waals surface area contributed by atoms with Crippen molar-refractivity contribution in [2.24, 2.45) is 23.7 Å². The summed E-state index contributed by atoms with van der Waals surface area (Å²) < 4.78 is 5.52. The quantitative estimate of drug-likeness (QED) is 0.786. The highest BCUT2D eigenvalue weighted by molar-refractivity contribution is 4.87. The van der Waals surface area contributed by atoms with E-state index in [0.29, 0.717) is 0 Å². The predicted octanol–water partition coefficient (Wildman–Crippen LogP) is 4.24. The van der Waals surface area contributed by atoms with Gasteiger partial charge in [-0.2, -0.15) is 0 Å². The van der Waals surface area contributed by atoms with Crippen LogP contribution in [0.4, 0.5) is 0 Å². The fourth-order valence-corrected chi connectivity index (χ4v) is 4.18. The number of rotatable bonds is 6. The molecule has 1 N–H and O–H groups in total. The van der Waals surface area contributed by atoms with E-state index in [1.807, 2.05) is 0 Å². The summed E-state index contributed by atoms with van der Waals surface area (Å²) in [5.74, 6) is 3.65. The molecule has 2 aliphatic rings. The third-order valence-electron chi connectivity index (χ3n) is 5.60. The van der Waals surface area contributed by atoms with Gasteiger partial charge in [-0.15, -0.1) is 0 Å². The van der Waals surface area contributed by atoms with Crippen LogP contribution < -0.4 is 5.32 Å². The van der Waals surface area contributed by atoms with Gasteiger partial charge in [0.2, 0.25) is 0 Å². The Balaban J connectivity index is 1.89. The monoisotopic (exact) mass is 281 g/mol. The maximum Gasteiger partial charge on any atom is 0.0468 e. The minimum absolute atomic E-state index is 0.785. The Morgan fingerprint density at radius 1 is 1.10 bits per heavy atom. The normalized spacial score (nSPS) is 32.7. The molecule has 2 nitrogen and oxygen atoms in total. The molecule has 118 valence electrons. The standard InChI is InChI=1S/C18H35NO/c1-4-9-19-18-6-5-16(14(2)3)13-17(18)12-15-7-10-20-11-8-15/h14-19H,4-13H2,1-3H3. The summed E-state index contributed by atoms with van der Waals surface area (Å²) >= 11 is 0. The van der Waals surface area contributed by atoms with Gasteiger partial charge in [0.15, 0.2) is 0 Å². The van der Waals surface area contributed by atoms with Crippen LogP contribution in [0.25, 0.3) is 0 Å². The zero-order chi connectivity index (χ0) is 14.4. The average molecular weight is 281 g/mol. The molecule has 1 saturated heterocycles. The minimum atomic E-state index is 0.785.